The summed E-state index contributed by atoms with van der Waals surface area (Å²) in [5.74, 6) is -1.36. The first-order valence-corrected chi connectivity index (χ1v) is 12.5. The summed E-state index contributed by atoms with van der Waals surface area (Å²) in [4.78, 5) is 53.5. The Morgan fingerprint density at radius 1 is 1.08 bits per heavy atom. The van der Waals surface area contributed by atoms with Gasteiger partial charge in [0, 0.05) is 11.7 Å². The van der Waals surface area contributed by atoms with Gasteiger partial charge < -0.3 is 30.7 Å². The first-order chi connectivity index (χ1) is 18.2. The molecular formula is C29H38N4O6. The molecule has 0 aliphatic carbocycles. The van der Waals surface area contributed by atoms with Crippen molar-refractivity contribution in [2.24, 2.45) is 5.73 Å². The van der Waals surface area contributed by atoms with Crippen LogP contribution in [0.4, 0.5) is 10.5 Å². The van der Waals surface area contributed by atoms with E-state index in [1.807, 2.05) is 6.07 Å². The van der Waals surface area contributed by atoms with E-state index in [-0.39, 0.29) is 0 Å². The Balaban J connectivity index is 2.54. The van der Waals surface area contributed by atoms with Crippen molar-refractivity contribution in [3.63, 3.8) is 0 Å². The second-order valence-corrected chi connectivity index (χ2v) is 10.2. The smallest absolute Gasteiger partial charge is 0.408 e. The van der Waals surface area contributed by atoms with Gasteiger partial charge in [0.2, 0.25) is 11.8 Å². The predicted octanol–water partition coefficient (Wildman–Crippen LogP) is 4.02. The fourth-order valence-corrected chi connectivity index (χ4v) is 3.89. The van der Waals surface area contributed by atoms with E-state index in [1.54, 1.807) is 83.2 Å². The first kappa shape index (κ1) is 30.9. The Morgan fingerprint density at radius 3 is 2.23 bits per heavy atom. The fourth-order valence-electron chi connectivity index (χ4n) is 3.89. The number of primary amides is 1. The summed E-state index contributed by atoms with van der Waals surface area (Å²) < 4.78 is 10.5. The summed E-state index contributed by atoms with van der Waals surface area (Å²) in [6, 6.07) is 10.8. The van der Waals surface area contributed by atoms with Crippen molar-refractivity contribution in [3.8, 4) is 5.75 Å². The van der Waals surface area contributed by atoms with E-state index in [9.17, 15) is 19.2 Å². The van der Waals surface area contributed by atoms with Gasteiger partial charge in [0.05, 0.1) is 13.5 Å². The monoisotopic (exact) mass is 538 g/mol. The number of rotatable bonds is 11. The molecular weight excluding hydrogens is 500 g/mol. The van der Waals surface area contributed by atoms with Crippen LogP contribution < -0.4 is 21.1 Å². The molecule has 4 amide bonds. The van der Waals surface area contributed by atoms with Gasteiger partial charge in [-0.3, -0.25) is 14.4 Å². The molecule has 0 bridgehead atoms. The molecule has 0 saturated carbocycles. The standard InChI is InChI=1S/C29H38N4O6/c1-8-19-10-9-11-20(16-19)25(26(35)31-21-12-14-22(38-7)15-13-21)33(18(2)3)27(36)23(17-24(30)34)32-28(37)39-29(4,5)6/h8-16,18,23,25H,1,17H2,2-7H3,(H2,30,34)(H,31,35)(H,32,37). The van der Waals surface area contributed by atoms with Gasteiger partial charge in [0.15, 0.2) is 0 Å². The van der Waals surface area contributed by atoms with Crippen molar-refractivity contribution in [2.45, 2.75) is 64.8 Å². The van der Waals surface area contributed by atoms with E-state index in [0.29, 0.717) is 17.0 Å². The number of alkyl carbamates (subject to hydrolysis) is 1. The molecule has 210 valence electrons. The normalized spacial score (nSPS) is 12.6. The SMILES string of the molecule is C=Cc1cccc(C(C(=O)Nc2ccc(OC)cc2)N(C(=O)C(CC(N)=O)NC(=O)OC(C)(C)C)C(C)C)c1. The van der Waals surface area contributed by atoms with E-state index < -0.39 is 54.0 Å². The first-order valence-electron chi connectivity index (χ1n) is 12.5. The highest BCUT2D eigenvalue weighted by Gasteiger charge is 2.38. The molecule has 10 nitrogen and oxygen atoms in total. The minimum Gasteiger partial charge on any atom is -0.497 e. The van der Waals surface area contributed by atoms with Crippen LogP contribution in [0.25, 0.3) is 6.08 Å². The number of benzene rings is 2. The van der Waals surface area contributed by atoms with Gasteiger partial charge in [-0.1, -0.05) is 30.9 Å². The Kier molecular flexibility index (Phi) is 10.7. The third kappa shape index (κ3) is 9.17. The number of nitrogens with zero attached hydrogens (tertiary/aromatic N) is 1. The second-order valence-electron chi connectivity index (χ2n) is 10.2. The van der Waals surface area contributed by atoms with Gasteiger partial charge in [0.25, 0.3) is 5.91 Å². The van der Waals surface area contributed by atoms with E-state index in [0.717, 1.165) is 5.56 Å². The summed E-state index contributed by atoms with van der Waals surface area (Å²) in [5.41, 5.74) is 6.32. The zero-order valence-corrected chi connectivity index (χ0v) is 23.3. The molecule has 2 atom stereocenters. The molecule has 0 heterocycles. The number of ether oxygens (including phenoxy) is 2. The van der Waals surface area contributed by atoms with Crippen LogP contribution in [0.1, 0.15) is 58.2 Å². The van der Waals surface area contributed by atoms with Crippen LogP contribution in [0.2, 0.25) is 0 Å². The Labute approximate surface area is 229 Å². The Hall–Kier alpha value is -4.34. The molecule has 10 heteroatoms. The molecule has 0 fully saturated rings. The van der Waals surface area contributed by atoms with E-state index in [4.69, 9.17) is 15.2 Å². The minimum atomic E-state index is -1.36. The highest BCUT2D eigenvalue weighted by molar-refractivity contribution is 6.00. The number of hydrogen-bond acceptors (Lipinski definition) is 6. The number of amides is 4. The lowest BCUT2D eigenvalue weighted by Gasteiger charge is -2.37. The highest BCUT2D eigenvalue weighted by atomic mass is 16.6. The molecule has 0 aromatic heterocycles. The average molecular weight is 539 g/mol. The number of carbonyl (C=O) groups excluding carboxylic acids is 4. The van der Waals surface area contributed by atoms with Crippen molar-refractivity contribution in [2.75, 3.05) is 12.4 Å². The lowest BCUT2D eigenvalue weighted by molar-refractivity contribution is -0.143. The predicted molar refractivity (Wildman–Crippen MR) is 150 cm³/mol. The molecule has 0 spiro atoms. The molecule has 2 rings (SSSR count). The number of nitrogens with one attached hydrogen (secondary N) is 2. The van der Waals surface area contributed by atoms with E-state index in [2.05, 4.69) is 17.2 Å². The third-order valence-electron chi connectivity index (χ3n) is 5.55. The van der Waals surface area contributed by atoms with Crippen molar-refractivity contribution < 1.29 is 28.7 Å². The molecule has 2 aromatic carbocycles. The molecule has 39 heavy (non-hydrogen) atoms. The van der Waals surface area contributed by atoms with Crippen molar-refractivity contribution >= 4 is 35.6 Å². The third-order valence-corrected chi connectivity index (χ3v) is 5.55. The molecule has 2 aromatic rings. The summed E-state index contributed by atoms with van der Waals surface area (Å²) in [5, 5.41) is 5.31. The topological polar surface area (TPSA) is 140 Å². The molecule has 0 saturated heterocycles. The van der Waals surface area contributed by atoms with E-state index >= 15 is 0 Å². The minimum absolute atomic E-state index is 0.485. The van der Waals surface area contributed by atoms with Gasteiger partial charge in [-0.15, -0.1) is 0 Å². The van der Waals surface area contributed by atoms with Gasteiger partial charge in [-0.25, -0.2) is 4.79 Å². The zero-order chi connectivity index (χ0) is 29.3. The zero-order valence-electron chi connectivity index (χ0n) is 23.3. The Morgan fingerprint density at radius 2 is 1.72 bits per heavy atom. The Bertz CT molecular complexity index is 1190. The summed E-state index contributed by atoms with van der Waals surface area (Å²) in [6.45, 7) is 12.3. The number of methoxy groups -OCH3 is 1. The lowest BCUT2D eigenvalue weighted by Crippen LogP contribution is -2.55. The molecule has 4 N–H and O–H groups in total. The van der Waals surface area contributed by atoms with Crippen LogP contribution >= 0.6 is 0 Å². The quantitative estimate of drug-likeness (QED) is 0.395. The van der Waals surface area contributed by atoms with E-state index in [1.165, 1.54) is 12.0 Å². The molecule has 0 aliphatic heterocycles. The summed E-state index contributed by atoms with van der Waals surface area (Å²) in [6.07, 6.45) is 0.253. The van der Waals surface area contributed by atoms with Gasteiger partial charge in [-0.2, -0.15) is 0 Å². The highest BCUT2D eigenvalue weighted by Crippen LogP contribution is 2.28. The number of nitrogens with two attached hydrogens (primary N) is 1. The fraction of sp³-hybridized carbons (Fsp3) is 0.379. The molecule has 0 aliphatic rings. The summed E-state index contributed by atoms with van der Waals surface area (Å²) >= 11 is 0. The maximum atomic E-state index is 14.0. The maximum Gasteiger partial charge on any atom is 0.408 e. The van der Waals surface area contributed by atoms with Gasteiger partial charge in [0.1, 0.15) is 23.4 Å². The maximum absolute atomic E-state index is 14.0. The van der Waals surface area contributed by atoms with Crippen molar-refractivity contribution in [1.29, 1.82) is 0 Å². The number of anilines is 1. The van der Waals surface area contributed by atoms with Crippen LogP contribution in [-0.2, 0) is 19.1 Å². The number of hydrogen-bond donors (Lipinski definition) is 3. The van der Waals surface area contributed by atoms with Crippen LogP contribution in [0.5, 0.6) is 5.75 Å². The molecule has 2 unspecified atom stereocenters. The van der Waals surface area contributed by atoms with Crippen LogP contribution in [-0.4, -0.2) is 53.5 Å². The number of carbonyl (C=O) groups is 4. The van der Waals surface area contributed by atoms with Crippen molar-refractivity contribution in [3.05, 3.63) is 66.2 Å². The van der Waals surface area contributed by atoms with Crippen LogP contribution in [0, 0.1) is 0 Å². The largest absolute Gasteiger partial charge is 0.497 e. The molecule has 0 radical (unpaired) electrons. The van der Waals surface area contributed by atoms with Crippen molar-refractivity contribution in [1.82, 2.24) is 10.2 Å². The van der Waals surface area contributed by atoms with Crippen LogP contribution in [0.15, 0.2) is 55.1 Å². The second kappa shape index (κ2) is 13.5. The average Bonchev–Trinajstić information content (AvgIpc) is 2.85. The van der Waals surface area contributed by atoms with Crippen LogP contribution in [0.3, 0.4) is 0 Å². The summed E-state index contributed by atoms with van der Waals surface area (Å²) in [7, 11) is 1.54. The van der Waals surface area contributed by atoms with Gasteiger partial charge in [-0.05, 0) is 76.1 Å². The lowest BCUT2D eigenvalue weighted by atomic mass is 9.98. The van der Waals surface area contributed by atoms with Gasteiger partial charge >= 0.3 is 6.09 Å².